The fourth-order valence-electron chi connectivity index (χ4n) is 2.09. The third-order valence-corrected chi connectivity index (χ3v) is 5.37. The van der Waals surface area contributed by atoms with Crippen molar-refractivity contribution in [3.8, 4) is 0 Å². The van der Waals surface area contributed by atoms with E-state index >= 15 is 0 Å². The molecule has 0 saturated carbocycles. The van der Waals surface area contributed by atoms with Gasteiger partial charge < -0.3 is 5.32 Å². The summed E-state index contributed by atoms with van der Waals surface area (Å²) in [6, 6.07) is 9.99. The minimum atomic E-state index is -3.59. The van der Waals surface area contributed by atoms with Crippen molar-refractivity contribution in [3.63, 3.8) is 0 Å². The molecule has 0 aliphatic rings. The Kier molecular flexibility index (Phi) is 5.23. The number of anilines is 1. The van der Waals surface area contributed by atoms with Crippen LogP contribution in [0.2, 0.25) is 0 Å². The van der Waals surface area contributed by atoms with Crippen molar-refractivity contribution < 1.29 is 13.2 Å². The summed E-state index contributed by atoms with van der Waals surface area (Å²) in [5.74, 6) is -0.346. The molecule has 0 atom stereocenters. The van der Waals surface area contributed by atoms with Crippen LogP contribution in [0.15, 0.2) is 45.8 Å². The normalized spacial score (nSPS) is 11.3. The minimum Gasteiger partial charge on any atom is -0.322 e. The molecule has 0 heterocycles. The molecule has 7 heteroatoms. The van der Waals surface area contributed by atoms with Crippen LogP contribution in [0.4, 0.5) is 5.69 Å². The molecule has 2 aromatic carbocycles. The molecule has 2 N–H and O–H groups in total. The van der Waals surface area contributed by atoms with Gasteiger partial charge in [-0.3, -0.25) is 4.79 Å². The fourth-order valence-corrected chi connectivity index (χ4v) is 3.32. The highest BCUT2D eigenvalue weighted by Crippen LogP contribution is 2.22. The van der Waals surface area contributed by atoms with Gasteiger partial charge in [0.2, 0.25) is 10.0 Å². The molecule has 0 unspecified atom stereocenters. The third-order valence-electron chi connectivity index (χ3n) is 3.47. The Labute approximate surface area is 144 Å². The van der Waals surface area contributed by atoms with Crippen LogP contribution < -0.4 is 10.0 Å². The zero-order chi connectivity index (χ0) is 17.2. The van der Waals surface area contributed by atoms with Crippen LogP contribution in [-0.4, -0.2) is 21.4 Å². The largest absolute Gasteiger partial charge is 0.322 e. The number of hydrogen-bond donors (Lipinski definition) is 2. The lowest BCUT2D eigenvalue weighted by atomic mass is 10.1. The molecule has 0 aliphatic heterocycles. The van der Waals surface area contributed by atoms with Crippen LogP contribution in [0.25, 0.3) is 0 Å². The first-order valence-corrected chi connectivity index (χ1v) is 9.14. The molecule has 0 saturated heterocycles. The van der Waals surface area contributed by atoms with Crippen LogP contribution in [0.3, 0.4) is 0 Å². The monoisotopic (exact) mass is 396 g/mol. The lowest BCUT2D eigenvalue weighted by Gasteiger charge is -2.12. The molecule has 0 aromatic heterocycles. The highest BCUT2D eigenvalue weighted by molar-refractivity contribution is 9.10. The SMILES string of the molecule is CNS(=O)(=O)c1ccc(C)c(C(=O)Nc2ccc(Br)cc2C)c1. The van der Waals surface area contributed by atoms with Gasteiger partial charge in [0.25, 0.3) is 5.91 Å². The molecule has 0 aliphatic carbocycles. The van der Waals surface area contributed by atoms with Gasteiger partial charge in [-0.05, 0) is 62.4 Å². The summed E-state index contributed by atoms with van der Waals surface area (Å²) in [6.07, 6.45) is 0. The molecule has 23 heavy (non-hydrogen) atoms. The van der Waals surface area contributed by atoms with Gasteiger partial charge in [-0.15, -0.1) is 0 Å². The summed E-state index contributed by atoms with van der Waals surface area (Å²) in [6.45, 7) is 3.65. The maximum Gasteiger partial charge on any atom is 0.255 e. The summed E-state index contributed by atoms with van der Waals surface area (Å²) in [7, 11) is -2.26. The van der Waals surface area contributed by atoms with Gasteiger partial charge in [0.05, 0.1) is 4.90 Å². The number of aryl methyl sites for hydroxylation is 2. The van der Waals surface area contributed by atoms with Crippen molar-refractivity contribution in [3.05, 3.63) is 57.6 Å². The van der Waals surface area contributed by atoms with E-state index in [-0.39, 0.29) is 10.8 Å². The Hall–Kier alpha value is -1.70. The van der Waals surface area contributed by atoms with E-state index in [2.05, 4.69) is 26.0 Å². The summed E-state index contributed by atoms with van der Waals surface area (Å²) >= 11 is 3.37. The molecular weight excluding hydrogens is 380 g/mol. The van der Waals surface area contributed by atoms with Gasteiger partial charge in [-0.2, -0.15) is 0 Å². The van der Waals surface area contributed by atoms with Crippen LogP contribution in [0, 0.1) is 13.8 Å². The number of nitrogens with one attached hydrogen (secondary N) is 2. The maximum atomic E-state index is 12.5. The van der Waals surface area contributed by atoms with E-state index in [1.807, 2.05) is 19.1 Å². The highest BCUT2D eigenvalue weighted by Gasteiger charge is 2.17. The molecule has 1 amide bonds. The Balaban J connectivity index is 2.37. The lowest BCUT2D eigenvalue weighted by molar-refractivity contribution is 0.102. The minimum absolute atomic E-state index is 0.0586. The van der Waals surface area contributed by atoms with Crippen molar-refractivity contribution in [2.24, 2.45) is 0 Å². The second kappa shape index (κ2) is 6.82. The van der Waals surface area contributed by atoms with Crippen molar-refractivity contribution in [1.29, 1.82) is 0 Å². The summed E-state index contributed by atoms with van der Waals surface area (Å²) in [5.41, 5.74) is 2.61. The average molecular weight is 397 g/mol. The molecular formula is C16H17BrN2O3S. The first-order valence-electron chi connectivity index (χ1n) is 6.86. The Morgan fingerprint density at radius 2 is 1.74 bits per heavy atom. The fraction of sp³-hybridized carbons (Fsp3) is 0.188. The van der Waals surface area contributed by atoms with Gasteiger partial charge >= 0.3 is 0 Å². The van der Waals surface area contributed by atoms with Crippen LogP contribution >= 0.6 is 15.9 Å². The van der Waals surface area contributed by atoms with Crippen LogP contribution in [-0.2, 0) is 10.0 Å². The van der Waals surface area contributed by atoms with Crippen molar-refractivity contribution in [1.82, 2.24) is 4.72 Å². The average Bonchev–Trinajstić information content (AvgIpc) is 2.50. The molecule has 0 fully saturated rings. The Bertz CT molecular complexity index is 864. The quantitative estimate of drug-likeness (QED) is 0.832. The number of sulfonamides is 1. The van der Waals surface area contributed by atoms with E-state index in [0.29, 0.717) is 16.8 Å². The van der Waals surface area contributed by atoms with Crippen LogP contribution in [0.1, 0.15) is 21.5 Å². The van der Waals surface area contributed by atoms with E-state index in [4.69, 9.17) is 0 Å². The summed E-state index contributed by atoms with van der Waals surface area (Å²) < 4.78 is 26.9. The molecule has 0 radical (unpaired) electrons. The molecule has 5 nitrogen and oxygen atoms in total. The number of rotatable bonds is 4. The van der Waals surface area contributed by atoms with Crippen molar-refractivity contribution in [2.45, 2.75) is 18.7 Å². The van der Waals surface area contributed by atoms with E-state index in [9.17, 15) is 13.2 Å². The van der Waals surface area contributed by atoms with Gasteiger partial charge in [-0.1, -0.05) is 22.0 Å². The first kappa shape index (κ1) is 17.7. The number of carbonyl (C=O) groups is 1. The third kappa shape index (κ3) is 3.99. The number of amides is 1. The number of benzene rings is 2. The van der Waals surface area contributed by atoms with Crippen molar-refractivity contribution in [2.75, 3.05) is 12.4 Å². The molecule has 122 valence electrons. The van der Waals surface area contributed by atoms with Gasteiger partial charge in [0, 0.05) is 15.7 Å². The van der Waals surface area contributed by atoms with E-state index in [1.54, 1.807) is 19.1 Å². The Morgan fingerprint density at radius 3 is 2.35 bits per heavy atom. The lowest BCUT2D eigenvalue weighted by Crippen LogP contribution is -2.20. The van der Waals surface area contributed by atoms with E-state index < -0.39 is 10.0 Å². The van der Waals surface area contributed by atoms with E-state index in [0.717, 1.165) is 10.0 Å². The predicted molar refractivity (Wildman–Crippen MR) is 94.3 cm³/mol. The highest BCUT2D eigenvalue weighted by atomic mass is 79.9. The molecule has 2 aromatic rings. The number of halogens is 1. The zero-order valence-corrected chi connectivity index (χ0v) is 15.4. The molecule has 2 rings (SSSR count). The van der Waals surface area contributed by atoms with Gasteiger partial charge in [-0.25, -0.2) is 13.1 Å². The first-order chi connectivity index (χ1) is 10.7. The smallest absolute Gasteiger partial charge is 0.255 e. The van der Waals surface area contributed by atoms with Crippen LogP contribution in [0.5, 0.6) is 0 Å². The van der Waals surface area contributed by atoms with Gasteiger partial charge in [0.15, 0.2) is 0 Å². The molecule has 0 bridgehead atoms. The summed E-state index contributed by atoms with van der Waals surface area (Å²) in [5, 5.41) is 2.82. The van der Waals surface area contributed by atoms with Gasteiger partial charge in [0.1, 0.15) is 0 Å². The summed E-state index contributed by atoms with van der Waals surface area (Å²) in [4.78, 5) is 12.6. The zero-order valence-electron chi connectivity index (χ0n) is 13.0. The van der Waals surface area contributed by atoms with Crippen molar-refractivity contribution >= 4 is 37.5 Å². The number of hydrogen-bond acceptors (Lipinski definition) is 3. The second-order valence-corrected chi connectivity index (χ2v) is 7.90. The standard InChI is InChI=1S/C16H17BrN2O3S/c1-10-4-6-13(23(21,22)18-3)9-14(10)16(20)19-15-7-5-12(17)8-11(15)2/h4-9,18H,1-3H3,(H,19,20). The topological polar surface area (TPSA) is 75.3 Å². The van der Waals surface area contributed by atoms with E-state index in [1.165, 1.54) is 19.2 Å². The molecule has 0 spiro atoms. The number of carbonyl (C=O) groups excluding carboxylic acids is 1. The Morgan fingerprint density at radius 1 is 1.04 bits per heavy atom. The predicted octanol–water partition coefficient (Wildman–Crippen LogP) is 3.23. The second-order valence-electron chi connectivity index (χ2n) is 5.10. The maximum absolute atomic E-state index is 12.5.